The Kier molecular flexibility index (Phi) is 2.82. The van der Waals surface area contributed by atoms with Gasteiger partial charge in [-0.2, -0.15) is 9.97 Å². The van der Waals surface area contributed by atoms with Crippen LogP contribution in [0.2, 0.25) is 0 Å². The number of hydrogen-bond acceptors (Lipinski definition) is 6. The third-order valence-electron chi connectivity index (χ3n) is 2.99. The van der Waals surface area contributed by atoms with E-state index in [4.69, 9.17) is 11.5 Å². The molecule has 2 rings (SSSR count). The number of anilines is 3. The highest BCUT2D eigenvalue weighted by Crippen LogP contribution is 2.23. The minimum Gasteiger partial charge on any atom is -0.391 e. The number of hydrogen-bond donors (Lipinski definition) is 3. The number of nitrogen functional groups attached to an aromatic ring is 2. The molecule has 5 N–H and O–H groups in total. The fraction of sp³-hybridized carbons (Fsp3) is 0.600. The first-order chi connectivity index (χ1) is 7.56. The van der Waals surface area contributed by atoms with Gasteiger partial charge in [0.1, 0.15) is 11.6 Å². The van der Waals surface area contributed by atoms with Gasteiger partial charge < -0.3 is 21.5 Å². The number of aromatic nitrogens is 2. The summed E-state index contributed by atoms with van der Waals surface area (Å²) in [5.41, 5.74) is 11.1. The predicted molar refractivity (Wildman–Crippen MR) is 62.9 cm³/mol. The maximum absolute atomic E-state index is 9.80. The van der Waals surface area contributed by atoms with Crippen LogP contribution in [0.5, 0.6) is 0 Å². The predicted octanol–water partition coefficient (Wildman–Crippen LogP) is -0.152. The van der Waals surface area contributed by atoms with Crippen molar-refractivity contribution in [3.05, 3.63) is 6.07 Å². The van der Waals surface area contributed by atoms with Crippen molar-refractivity contribution >= 4 is 17.6 Å². The van der Waals surface area contributed by atoms with E-state index in [0.717, 1.165) is 13.0 Å². The van der Waals surface area contributed by atoms with Crippen molar-refractivity contribution < 1.29 is 5.11 Å². The lowest BCUT2D eigenvalue weighted by Crippen LogP contribution is -2.43. The lowest BCUT2D eigenvalue weighted by molar-refractivity contribution is 0.102. The summed E-state index contributed by atoms with van der Waals surface area (Å²) in [5, 5.41) is 9.80. The van der Waals surface area contributed by atoms with Gasteiger partial charge in [-0.3, -0.25) is 0 Å². The van der Waals surface area contributed by atoms with E-state index in [-0.39, 0.29) is 12.1 Å². The first-order valence-corrected chi connectivity index (χ1v) is 5.39. The van der Waals surface area contributed by atoms with Crippen LogP contribution in [0, 0.1) is 5.92 Å². The summed E-state index contributed by atoms with van der Waals surface area (Å²) in [7, 11) is 0. The topological polar surface area (TPSA) is 101 Å². The van der Waals surface area contributed by atoms with Crippen LogP contribution in [-0.4, -0.2) is 34.3 Å². The normalized spacial score (nSPS) is 25.8. The molecule has 0 spiro atoms. The summed E-state index contributed by atoms with van der Waals surface area (Å²) in [5.74, 6) is 1.54. The smallest absolute Gasteiger partial charge is 0.223 e. The van der Waals surface area contributed by atoms with Crippen LogP contribution in [0.4, 0.5) is 17.6 Å². The number of nitrogens with two attached hydrogens (primary N) is 2. The summed E-state index contributed by atoms with van der Waals surface area (Å²) in [6.45, 7) is 3.47. The molecule has 2 heterocycles. The second kappa shape index (κ2) is 4.13. The SMILES string of the molecule is CC1CCN(c2cc(N)nc(N)n2)CC1O. The van der Waals surface area contributed by atoms with Crippen molar-refractivity contribution in [1.82, 2.24) is 9.97 Å². The monoisotopic (exact) mass is 223 g/mol. The zero-order valence-electron chi connectivity index (χ0n) is 9.30. The summed E-state index contributed by atoms with van der Waals surface area (Å²) in [6.07, 6.45) is 0.608. The van der Waals surface area contributed by atoms with E-state index in [2.05, 4.69) is 9.97 Å². The van der Waals surface area contributed by atoms with E-state index in [1.54, 1.807) is 6.07 Å². The number of nitrogens with zero attached hydrogens (tertiary/aromatic N) is 3. The maximum atomic E-state index is 9.80. The molecule has 1 aromatic heterocycles. The lowest BCUT2D eigenvalue weighted by Gasteiger charge is -2.35. The molecule has 0 aliphatic carbocycles. The molecule has 2 atom stereocenters. The van der Waals surface area contributed by atoms with E-state index in [9.17, 15) is 5.11 Å². The second-order valence-corrected chi connectivity index (χ2v) is 4.29. The Balaban J connectivity index is 2.18. The molecule has 1 aliphatic heterocycles. The van der Waals surface area contributed by atoms with E-state index < -0.39 is 0 Å². The molecule has 0 saturated carbocycles. The highest BCUT2D eigenvalue weighted by molar-refractivity contribution is 5.50. The Morgan fingerprint density at radius 3 is 2.81 bits per heavy atom. The van der Waals surface area contributed by atoms with Gasteiger partial charge in [0.2, 0.25) is 5.95 Å². The number of aliphatic hydroxyl groups excluding tert-OH is 1. The Bertz CT molecular complexity index is 363. The standard InChI is InChI=1S/C10H17N5O/c1-6-2-3-15(5-7(6)16)9-4-8(11)13-10(12)14-9/h4,6-7,16H,2-3,5H2,1H3,(H4,11,12,13,14). The molecule has 0 bridgehead atoms. The fourth-order valence-electron chi connectivity index (χ4n) is 1.89. The van der Waals surface area contributed by atoms with Crippen LogP contribution in [0.1, 0.15) is 13.3 Å². The molecule has 1 saturated heterocycles. The van der Waals surface area contributed by atoms with E-state index in [1.807, 2.05) is 11.8 Å². The summed E-state index contributed by atoms with van der Waals surface area (Å²) < 4.78 is 0. The molecule has 0 aromatic carbocycles. The largest absolute Gasteiger partial charge is 0.391 e. The summed E-state index contributed by atoms with van der Waals surface area (Å²) in [6, 6.07) is 1.68. The Morgan fingerprint density at radius 1 is 1.44 bits per heavy atom. The van der Waals surface area contributed by atoms with Gasteiger partial charge in [0.25, 0.3) is 0 Å². The molecule has 1 aromatic rings. The highest BCUT2D eigenvalue weighted by Gasteiger charge is 2.25. The first kappa shape index (κ1) is 10.9. The molecule has 1 fully saturated rings. The number of aliphatic hydroxyl groups is 1. The van der Waals surface area contributed by atoms with Gasteiger partial charge in [0, 0.05) is 19.2 Å². The van der Waals surface area contributed by atoms with Crippen LogP contribution >= 0.6 is 0 Å². The number of piperidine rings is 1. The van der Waals surface area contributed by atoms with Crippen molar-refractivity contribution in [1.29, 1.82) is 0 Å². The van der Waals surface area contributed by atoms with Gasteiger partial charge in [-0.15, -0.1) is 0 Å². The molecule has 88 valence electrons. The van der Waals surface area contributed by atoms with E-state index >= 15 is 0 Å². The van der Waals surface area contributed by atoms with Crippen molar-refractivity contribution in [3.8, 4) is 0 Å². The quantitative estimate of drug-likeness (QED) is 0.612. The summed E-state index contributed by atoms with van der Waals surface area (Å²) >= 11 is 0. The van der Waals surface area contributed by atoms with Crippen LogP contribution in [0.25, 0.3) is 0 Å². The second-order valence-electron chi connectivity index (χ2n) is 4.29. The van der Waals surface area contributed by atoms with Crippen LogP contribution in [0.3, 0.4) is 0 Å². The molecule has 6 nitrogen and oxygen atoms in total. The van der Waals surface area contributed by atoms with Gasteiger partial charge >= 0.3 is 0 Å². The zero-order valence-corrected chi connectivity index (χ0v) is 9.30. The van der Waals surface area contributed by atoms with Crippen molar-refractivity contribution in [2.75, 3.05) is 29.5 Å². The maximum Gasteiger partial charge on any atom is 0.223 e. The van der Waals surface area contributed by atoms with Gasteiger partial charge in [-0.05, 0) is 12.3 Å². The molecule has 6 heteroatoms. The molecule has 0 amide bonds. The van der Waals surface area contributed by atoms with Gasteiger partial charge in [-0.1, -0.05) is 6.92 Å². The fourth-order valence-corrected chi connectivity index (χ4v) is 1.89. The van der Waals surface area contributed by atoms with Crippen molar-refractivity contribution in [2.45, 2.75) is 19.4 Å². The Morgan fingerprint density at radius 2 is 2.19 bits per heavy atom. The average molecular weight is 223 g/mol. The molecule has 16 heavy (non-hydrogen) atoms. The minimum atomic E-state index is -0.328. The number of rotatable bonds is 1. The Hall–Kier alpha value is -1.56. The first-order valence-electron chi connectivity index (χ1n) is 5.39. The average Bonchev–Trinajstić information content (AvgIpc) is 2.20. The Labute approximate surface area is 94.3 Å². The highest BCUT2D eigenvalue weighted by atomic mass is 16.3. The van der Waals surface area contributed by atoms with Crippen LogP contribution in [-0.2, 0) is 0 Å². The molecular weight excluding hydrogens is 206 g/mol. The van der Waals surface area contributed by atoms with Crippen molar-refractivity contribution in [3.63, 3.8) is 0 Å². The molecule has 2 unspecified atom stereocenters. The third kappa shape index (κ3) is 2.16. The van der Waals surface area contributed by atoms with Gasteiger partial charge in [-0.25, -0.2) is 0 Å². The number of β-amino-alcohol motifs (C(OH)–C–C–N with tert-alkyl or cyclic N) is 1. The van der Waals surface area contributed by atoms with E-state index in [1.165, 1.54) is 0 Å². The molecular formula is C10H17N5O. The lowest BCUT2D eigenvalue weighted by atomic mass is 9.96. The minimum absolute atomic E-state index is 0.170. The summed E-state index contributed by atoms with van der Waals surface area (Å²) in [4.78, 5) is 9.92. The van der Waals surface area contributed by atoms with Crippen LogP contribution in [0.15, 0.2) is 6.07 Å². The van der Waals surface area contributed by atoms with Crippen LogP contribution < -0.4 is 16.4 Å². The third-order valence-corrected chi connectivity index (χ3v) is 2.99. The van der Waals surface area contributed by atoms with E-state index in [0.29, 0.717) is 24.1 Å². The van der Waals surface area contributed by atoms with Gasteiger partial charge in [0.05, 0.1) is 6.10 Å². The molecule has 0 radical (unpaired) electrons. The van der Waals surface area contributed by atoms with Crippen molar-refractivity contribution in [2.24, 2.45) is 5.92 Å². The van der Waals surface area contributed by atoms with Gasteiger partial charge in [0.15, 0.2) is 0 Å². The molecule has 1 aliphatic rings. The zero-order chi connectivity index (χ0) is 11.7.